The molecular weight excluding hydrogens is 415 g/mol. The van der Waals surface area contributed by atoms with Gasteiger partial charge in [0.15, 0.2) is 5.76 Å². The number of carbonyl (C=O) groups is 1. The van der Waals surface area contributed by atoms with Gasteiger partial charge in [-0.2, -0.15) is 0 Å². The number of fused-ring (bicyclic) bond motifs is 2. The Morgan fingerprint density at radius 1 is 1.22 bits per heavy atom. The molecule has 8 heteroatoms. The van der Waals surface area contributed by atoms with Crippen LogP contribution in [0.25, 0.3) is 11.3 Å². The third-order valence-corrected chi connectivity index (χ3v) is 5.96. The zero-order valence-corrected chi connectivity index (χ0v) is 19.3. The van der Waals surface area contributed by atoms with Gasteiger partial charge in [0.2, 0.25) is 0 Å². The van der Waals surface area contributed by atoms with E-state index in [1.54, 1.807) is 11.0 Å². The molecule has 2 aliphatic heterocycles. The molecule has 174 valence electrons. The van der Waals surface area contributed by atoms with E-state index in [2.05, 4.69) is 5.16 Å². The molecule has 4 rings (SSSR count). The third-order valence-electron chi connectivity index (χ3n) is 5.96. The summed E-state index contributed by atoms with van der Waals surface area (Å²) in [4.78, 5) is 14.3. The molecule has 0 aliphatic carbocycles. The van der Waals surface area contributed by atoms with Crippen molar-refractivity contribution in [2.75, 3.05) is 26.3 Å². The highest BCUT2D eigenvalue weighted by Crippen LogP contribution is 2.33. The number of benzene rings is 1. The number of likely N-dealkylation sites (tertiary alicyclic amines) is 1. The number of aromatic nitrogens is 1. The van der Waals surface area contributed by atoms with Gasteiger partial charge in [0.05, 0.1) is 31.5 Å². The Balaban J connectivity index is 1.42. The first-order chi connectivity index (χ1) is 15.1. The van der Waals surface area contributed by atoms with Crippen LogP contribution in [0.1, 0.15) is 37.6 Å². The summed E-state index contributed by atoms with van der Waals surface area (Å²) >= 11 is 0. The summed E-state index contributed by atoms with van der Waals surface area (Å²) in [6.07, 6.45) is -0.358. The molecule has 2 unspecified atom stereocenters. The molecule has 1 aromatic carbocycles. The lowest BCUT2D eigenvalue weighted by Gasteiger charge is -2.46. The van der Waals surface area contributed by atoms with Crippen LogP contribution in [0.5, 0.6) is 0 Å². The monoisotopic (exact) mass is 446 g/mol. The number of aryl methyl sites for hydroxylation is 1. The Kier molecular flexibility index (Phi) is 6.27. The smallest absolute Gasteiger partial charge is 0.410 e. The minimum absolute atomic E-state index is 0.0521. The predicted octanol–water partition coefficient (Wildman–Crippen LogP) is 4.50. The van der Waals surface area contributed by atoms with Gasteiger partial charge in [0, 0.05) is 30.5 Å². The Hall–Kier alpha value is -2.45. The topological polar surface area (TPSA) is 74.0 Å². The van der Waals surface area contributed by atoms with Crippen molar-refractivity contribution in [3.8, 4) is 11.3 Å². The molecule has 0 radical (unpaired) electrons. The molecule has 2 aromatic rings. The fraction of sp³-hybridized carbons (Fsp3) is 0.583. The molecule has 2 aliphatic rings. The van der Waals surface area contributed by atoms with Crippen molar-refractivity contribution in [3.05, 3.63) is 40.8 Å². The molecule has 32 heavy (non-hydrogen) atoms. The number of carbonyl (C=O) groups excluding carboxylic acids is 1. The van der Waals surface area contributed by atoms with Crippen LogP contribution in [-0.2, 0) is 20.8 Å². The molecule has 2 bridgehead atoms. The highest BCUT2D eigenvalue weighted by molar-refractivity contribution is 5.68. The Morgan fingerprint density at radius 3 is 2.53 bits per heavy atom. The lowest BCUT2D eigenvalue weighted by Crippen LogP contribution is -2.58. The summed E-state index contributed by atoms with van der Waals surface area (Å²) in [6, 6.07) is 5.03. The number of ether oxygens (including phenoxy) is 3. The quantitative estimate of drug-likeness (QED) is 0.689. The summed E-state index contributed by atoms with van der Waals surface area (Å²) in [6.45, 7) is 11.6. The zero-order chi connectivity index (χ0) is 23.0. The summed E-state index contributed by atoms with van der Waals surface area (Å²) in [5.41, 5.74) is 2.12. The van der Waals surface area contributed by atoms with E-state index in [9.17, 15) is 9.18 Å². The van der Waals surface area contributed by atoms with Crippen LogP contribution in [-0.4, -0.2) is 54.2 Å². The summed E-state index contributed by atoms with van der Waals surface area (Å²) in [5.74, 6) is 0.190. The molecule has 0 spiro atoms. The summed E-state index contributed by atoms with van der Waals surface area (Å²) < 4.78 is 37.4. The van der Waals surface area contributed by atoms with E-state index in [0.717, 1.165) is 11.1 Å². The van der Waals surface area contributed by atoms with Crippen LogP contribution in [0.2, 0.25) is 0 Å². The fourth-order valence-electron chi connectivity index (χ4n) is 4.38. The van der Waals surface area contributed by atoms with Crippen molar-refractivity contribution < 1.29 is 27.9 Å². The molecule has 3 heterocycles. The van der Waals surface area contributed by atoms with Crippen molar-refractivity contribution >= 4 is 6.09 Å². The highest BCUT2D eigenvalue weighted by atomic mass is 19.1. The maximum Gasteiger partial charge on any atom is 0.410 e. The van der Waals surface area contributed by atoms with E-state index in [4.69, 9.17) is 18.7 Å². The zero-order valence-electron chi connectivity index (χ0n) is 19.3. The van der Waals surface area contributed by atoms with Gasteiger partial charge in [0.25, 0.3) is 0 Å². The number of piperidine rings is 1. The first kappa shape index (κ1) is 22.7. The maximum absolute atomic E-state index is 14.4. The Labute approximate surface area is 187 Å². The first-order valence-electron chi connectivity index (χ1n) is 11.0. The van der Waals surface area contributed by atoms with Crippen molar-refractivity contribution in [1.82, 2.24) is 10.1 Å². The van der Waals surface area contributed by atoms with Crippen molar-refractivity contribution in [3.63, 3.8) is 0 Å². The molecule has 0 saturated carbocycles. The van der Waals surface area contributed by atoms with Crippen LogP contribution in [0, 0.1) is 31.5 Å². The number of nitrogens with zero attached hydrogens (tertiary/aromatic N) is 2. The second-order valence-electron chi connectivity index (χ2n) is 9.79. The number of hydrogen-bond acceptors (Lipinski definition) is 6. The van der Waals surface area contributed by atoms with Crippen LogP contribution in [0.3, 0.4) is 0 Å². The van der Waals surface area contributed by atoms with Gasteiger partial charge in [-0.15, -0.1) is 0 Å². The van der Waals surface area contributed by atoms with Gasteiger partial charge in [0.1, 0.15) is 17.1 Å². The lowest BCUT2D eigenvalue weighted by atomic mass is 9.84. The number of amides is 1. The van der Waals surface area contributed by atoms with Gasteiger partial charge in [-0.05, 0) is 52.3 Å². The average Bonchev–Trinajstić information content (AvgIpc) is 3.04. The van der Waals surface area contributed by atoms with Gasteiger partial charge in [-0.3, -0.25) is 0 Å². The van der Waals surface area contributed by atoms with Gasteiger partial charge >= 0.3 is 6.09 Å². The van der Waals surface area contributed by atoms with Crippen LogP contribution >= 0.6 is 0 Å². The molecule has 2 atom stereocenters. The standard InChI is InChI=1S/C24H31FN2O5/c1-14-6-7-18(19(25)8-14)21-15(2)20(26-32-21)13-30-22-16-9-27(10-17(22)12-29-11-16)23(28)31-24(3,4)5/h6-8,16-17,22H,9-13H2,1-5H3. The number of halogens is 1. The van der Waals surface area contributed by atoms with Crippen LogP contribution < -0.4 is 0 Å². The first-order valence-corrected chi connectivity index (χ1v) is 11.0. The van der Waals surface area contributed by atoms with E-state index in [1.807, 2.05) is 40.7 Å². The SMILES string of the molecule is Cc1ccc(-c2onc(COC3C4COCC3CN(C(=O)OC(C)(C)C)C4)c2C)c(F)c1. The van der Waals surface area contributed by atoms with E-state index in [-0.39, 0.29) is 36.5 Å². The Morgan fingerprint density at radius 2 is 1.91 bits per heavy atom. The van der Waals surface area contributed by atoms with Crippen molar-refractivity contribution in [1.29, 1.82) is 0 Å². The molecule has 1 aromatic heterocycles. The highest BCUT2D eigenvalue weighted by Gasteiger charge is 2.43. The third kappa shape index (κ3) is 4.81. The maximum atomic E-state index is 14.4. The molecule has 0 N–H and O–H groups in total. The lowest BCUT2D eigenvalue weighted by molar-refractivity contribution is -0.152. The minimum atomic E-state index is -0.533. The molecule has 2 fully saturated rings. The van der Waals surface area contributed by atoms with Crippen LogP contribution in [0.15, 0.2) is 22.7 Å². The van der Waals surface area contributed by atoms with Gasteiger partial charge in [-0.1, -0.05) is 11.2 Å². The fourth-order valence-corrected chi connectivity index (χ4v) is 4.38. The van der Waals surface area contributed by atoms with Gasteiger partial charge < -0.3 is 23.6 Å². The average molecular weight is 447 g/mol. The molecular formula is C24H31FN2O5. The minimum Gasteiger partial charge on any atom is -0.444 e. The molecule has 2 saturated heterocycles. The number of hydrogen-bond donors (Lipinski definition) is 0. The normalized spacial score (nSPS) is 23.3. The second-order valence-corrected chi connectivity index (χ2v) is 9.79. The van der Waals surface area contributed by atoms with E-state index >= 15 is 0 Å². The van der Waals surface area contributed by atoms with E-state index in [0.29, 0.717) is 43.3 Å². The largest absolute Gasteiger partial charge is 0.444 e. The van der Waals surface area contributed by atoms with Crippen LogP contribution in [0.4, 0.5) is 9.18 Å². The number of rotatable bonds is 4. The van der Waals surface area contributed by atoms with E-state index < -0.39 is 5.60 Å². The summed E-state index contributed by atoms with van der Waals surface area (Å²) in [5, 5.41) is 4.13. The van der Waals surface area contributed by atoms with Gasteiger partial charge in [-0.25, -0.2) is 9.18 Å². The predicted molar refractivity (Wildman–Crippen MR) is 116 cm³/mol. The molecule has 7 nitrogen and oxygen atoms in total. The molecule has 1 amide bonds. The Bertz CT molecular complexity index is 969. The summed E-state index contributed by atoms with van der Waals surface area (Å²) in [7, 11) is 0. The van der Waals surface area contributed by atoms with Crippen molar-refractivity contribution in [2.24, 2.45) is 11.8 Å². The van der Waals surface area contributed by atoms with Crippen molar-refractivity contribution in [2.45, 2.75) is 52.9 Å². The second kappa shape index (κ2) is 8.83. The van der Waals surface area contributed by atoms with E-state index in [1.165, 1.54) is 6.07 Å².